The van der Waals surface area contributed by atoms with Crippen LogP contribution in [0, 0.1) is 10.1 Å². The van der Waals surface area contributed by atoms with Crippen molar-refractivity contribution in [2.45, 2.75) is 23.1 Å². The normalized spacial score (nSPS) is 11.6. The fourth-order valence-corrected chi connectivity index (χ4v) is 4.80. The van der Waals surface area contributed by atoms with Gasteiger partial charge in [0.15, 0.2) is 4.34 Å². The molecule has 172 valence electrons. The van der Waals surface area contributed by atoms with Crippen molar-refractivity contribution in [1.29, 1.82) is 0 Å². The number of nitro groups is 1. The highest BCUT2D eigenvalue weighted by molar-refractivity contribution is 8.00. The van der Waals surface area contributed by atoms with Gasteiger partial charge in [-0.05, 0) is 36.8 Å². The van der Waals surface area contributed by atoms with E-state index in [-0.39, 0.29) is 17.3 Å². The average molecular weight is 493 g/mol. The van der Waals surface area contributed by atoms with Gasteiger partial charge in [-0.25, -0.2) is 0 Å². The van der Waals surface area contributed by atoms with Gasteiger partial charge in [-0.2, -0.15) is 0 Å². The number of anilines is 2. The lowest BCUT2D eigenvalue weighted by atomic mass is 10.1. The third-order valence-corrected chi connectivity index (χ3v) is 6.84. The van der Waals surface area contributed by atoms with E-state index in [0.717, 1.165) is 17.0 Å². The van der Waals surface area contributed by atoms with E-state index in [1.165, 1.54) is 41.3 Å². The van der Waals surface area contributed by atoms with Crippen molar-refractivity contribution in [3.8, 4) is 0 Å². The zero-order valence-corrected chi connectivity index (χ0v) is 19.7. The van der Waals surface area contributed by atoms with Crippen molar-refractivity contribution in [3.05, 3.63) is 99.9 Å². The van der Waals surface area contributed by atoms with Gasteiger partial charge in [-0.15, -0.1) is 10.2 Å². The van der Waals surface area contributed by atoms with Crippen molar-refractivity contribution >= 4 is 45.5 Å². The number of hydrogen-bond acceptors (Lipinski definition) is 9. The first-order valence-electron chi connectivity index (χ1n) is 10.3. The summed E-state index contributed by atoms with van der Waals surface area (Å²) in [6.07, 6.45) is 1.66. The number of nitrogens with zero attached hydrogens (tertiary/aromatic N) is 4. The maximum atomic E-state index is 12.7. The molecule has 0 aliphatic rings. The summed E-state index contributed by atoms with van der Waals surface area (Å²) in [7, 11) is 0. The number of benzene rings is 2. The molecule has 11 heteroatoms. The zero-order valence-electron chi connectivity index (χ0n) is 18.0. The Morgan fingerprint density at radius 1 is 1.12 bits per heavy atom. The number of rotatable bonds is 9. The highest BCUT2D eigenvalue weighted by atomic mass is 32.2. The van der Waals surface area contributed by atoms with Gasteiger partial charge in [0, 0.05) is 23.6 Å². The molecule has 1 atom stereocenters. The molecule has 2 aromatic carbocycles. The number of carbonyl (C=O) groups is 1. The fraction of sp³-hybridized carbons (Fsp3) is 0.130. The van der Waals surface area contributed by atoms with E-state index in [0.29, 0.717) is 15.2 Å². The predicted molar refractivity (Wildman–Crippen MR) is 133 cm³/mol. The zero-order chi connectivity index (χ0) is 23.9. The number of aromatic nitrogens is 3. The first-order valence-corrected chi connectivity index (χ1v) is 12.1. The number of amides is 1. The van der Waals surface area contributed by atoms with E-state index in [1.54, 1.807) is 12.3 Å². The molecule has 0 radical (unpaired) electrons. The van der Waals surface area contributed by atoms with E-state index in [9.17, 15) is 14.9 Å². The number of nitro benzene ring substituents is 1. The minimum atomic E-state index is -0.520. The monoisotopic (exact) mass is 492 g/mol. The van der Waals surface area contributed by atoms with E-state index < -0.39 is 10.8 Å². The minimum Gasteiger partial charge on any atom is -0.371 e. The number of nitrogens with one attached hydrogen (secondary N) is 2. The summed E-state index contributed by atoms with van der Waals surface area (Å²) < 4.78 is 0.716. The standard InChI is InChI=1S/C23H20N6O3S2/c1-15(18-9-5-6-12-24-18)25-19-11-10-17(13-20(19)29(31)32)21(30)26-22-27-28-23(34-22)33-14-16-7-3-2-4-8-16/h2-13,15,25H,14H2,1H3,(H,26,27,30). The number of thioether (sulfide) groups is 1. The molecular formula is C23H20N6O3S2. The maximum absolute atomic E-state index is 12.7. The first-order chi connectivity index (χ1) is 16.5. The molecule has 4 aromatic rings. The molecule has 0 fully saturated rings. The molecule has 0 spiro atoms. The number of hydrogen-bond donors (Lipinski definition) is 2. The van der Waals surface area contributed by atoms with Gasteiger partial charge >= 0.3 is 0 Å². The Hall–Kier alpha value is -3.83. The molecule has 0 bridgehead atoms. The summed E-state index contributed by atoms with van der Waals surface area (Å²) in [4.78, 5) is 28.1. The summed E-state index contributed by atoms with van der Waals surface area (Å²) in [5, 5.41) is 25.8. The molecule has 0 saturated heterocycles. The Bertz CT molecular complexity index is 1280. The molecule has 9 nitrogen and oxygen atoms in total. The van der Waals surface area contributed by atoms with Crippen LogP contribution in [0.15, 0.2) is 77.3 Å². The van der Waals surface area contributed by atoms with Crippen molar-refractivity contribution in [2.24, 2.45) is 0 Å². The summed E-state index contributed by atoms with van der Waals surface area (Å²) in [5.41, 5.74) is 2.15. The molecule has 2 N–H and O–H groups in total. The second-order valence-corrected chi connectivity index (χ2v) is 9.41. The van der Waals surface area contributed by atoms with Crippen LogP contribution < -0.4 is 10.6 Å². The number of carbonyl (C=O) groups excluding carboxylic acids is 1. The van der Waals surface area contributed by atoms with Gasteiger partial charge in [0.1, 0.15) is 5.69 Å². The van der Waals surface area contributed by atoms with Crippen molar-refractivity contribution in [3.63, 3.8) is 0 Å². The summed E-state index contributed by atoms with van der Waals surface area (Å²) >= 11 is 2.77. The van der Waals surface area contributed by atoms with E-state index in [1.807, 2.05) is 49.4 Å². The lowest BCUT2D eigenvalue weighted by molar-refractivity contribution is -0.384. The van der Waals surface area contributed by atoms with Gasteiger partial charge < -0.3 is 5.32 Å². The Balaban J connectivity index is 1.42. The van der Waals surface area contributed by atoms with E-state index in [2.05, 4.69) is 25.8 Å². The van der Waals surface area contributed by atoms with Gasteiger partial charge in [0.2, 0.25) is 5.13 Å². The topological polar surface area (TPSA) is 123 Å². The SMILES string of the molecule is CC(Nc1ccc(C(=O)Nc2nnc(SCc3ccccc3)s2)cc1[N+](=O)[O-])c1ccccn1. The Kier molecular flexibility index (Phi) is 7.45. The molecule has 0 aliphatic heterocycles. The lowest BCUT2D eigenvalue weighted by Crippen LogP contribution is -2.13. The van der Waals surface area contributed by atoms with Crippen LogP contribution in [0.3, 0.4) is 0 Å². The Morgan fingerprint density at radius 3 is 2.65 bits per heavy atom. The Labute approximate surface area is 203 Å². The second-order valence-electron chi connectivity index (χ2n) is 7.21. The van der Waals surface area contributed by atoms with Gasteiger partial charge in [0.05, 0.1) is 16.7 Å². The van der Waals surface area contributed by atoms with Crippen LogP contribution in [0.5, 0.6) is 0 Å². The maximum Gasteiger partial charge on any atom is 0.293 e. The van der Waals surface area contributed by atoms with Gasteiger partial charge in [0.25, 0.3) is 11.6 Å². The average Bonchev–Trinajstić information content (AvgIpc) is 3.31. The van der Waals surface area contributed by atoms with Crippen LogP contribution >= 0.6 is 23.1 Å². The van der Waals surface area contributed by atoms with Crippen LogP contribution in [0.4, 0.5) is 16.5 Å². The third kappa shape index (κ3) is 5.94. The summed E-state index contributed by atoms with van der Waals surface area (Å²) in [5.74, 6) is 0.240. The van der Waals surface area contributed by atoms with Crippen LogP contribution in [-0.2, 0) is 5.75 Å². The van der Waals surface area contributed by atoms with E-state index >= 15 is 0 Å². The third-order valence-electron chi connectivity index (χ3n) is 4.79. The molecular weight excluding hydrogens is 472 g/mol. The molecule has 0 aliphatic carbocycles. The molecule has 34 heavy (non-hydrogen) atoms. The van der Waals surface area contributed by atoms with E-state index in [4.69, 9.17) is 0 Å². The number of pyridine rings is 1. The van der Waals surface area contributed by atoms with Crippen LogP contribution in [0.1, 0.15) is 34.6 Å². The quantitative estimate of drug-likeness (QED) is 0.135. The molecule has 2 aromatic heterocycles. The fourth-order valence-electron chi connectivity index (χ4n) is 3.09. The largest absolute Gasteiger partial charge is 0.371 e. The summed E-state index contributed by atoms with van der Waals surface area (Å²) in [6.45, 7) is 1.86. The molecule has 1 amide bonds. The smallest absolute Gasteiger partial charge is 0.293 e. The minimum absolute atomic E-state index is 0.149. The predicted octanol–water partition coefficient (Wildman–Crippen LogP) is 5.56. The van der Waals surface area contributed by atoms with Gasteiger partial charge in [-0.3, -0.25) is 25.2 Å². The highest BCUT2D eigenvalue weighted by Gasteiger charge is 2.20. The second kappa shape index (κ2) is 10.9. The molecule has 2 heterocycles. The van der Waals surface area contributed by atoms with Crippen LogP contribution in [0.25, 0.3) is 0 Å². The van der Waals surface area contributed by atoms with Crippen molar-refractivity contribution in [1.82, 2.24) is 15.2 Å². The first kappa shape index (κ1) is 23.3. The van der Waals surface area contributed by atoms with Crippen molar-refractivity contribution in [2.75, 3.05) is 10.6 Å². The van der Waals surface area contributed by atoms with Crippen LogP contribution in [0.2, 0.25) is 0 Å². The summed E-state index contributed by atoms with van der Waals surface area (Å²) in [6, 6.07) is 19.5. The molecule has 4 rings (SSSR count). The molecule has 1 unspecified atom stereocenters. The highest BCUT2D eigenvalue weighted by Crippen LogP contribution is 2.31. The Morgan fingerprint density at radius 2 is 1.91 bits per heavy atom. The van der Waals surface area contributed by atoms with Gasteiger partial charge in [-0.1, -0.05) is 59.5 Å². The van der Waals surface area contributed by atoms with Crippen molar-refractivity contribution < 1.29 is 9.72 Å². The lowest BCUT2D eigenvalue weighted by Gasteiger charge is -2.15. The molecule has 0 saturated carbocycles. The van der Waals surface area contributed by atoms with Crippen LogP contribution in [-0.4, -0.2) is 26.0 Å².